The summed E-state index contributed by atoms with van der Waals surface area (Å²) in [7, 11) is 0. The maximum Gasteiger partial charge on any atom is 0.456 e. The van der Waals surface area contributed by atoms with E-state index in [-0.39, 0.29) is 5.41 Å². The van der Waals surface area contributed by atoms with Gasteiger partial charge in [-0.05, 0) is 23.7 Å². The molecule has 0 aromatic rings. The van der Waals surface area contributed by atoms with Crippen LogP contribution in [0.1, 0.15) is 47.5 Å². The van der Waals surface area contributed by atoms with E-state index in [1.807, 2.05) is 20.8 Å². The minimum absolute atomic E-state index is 0.265. The molecule has 0 amide bonds. The molecular formula is C14H21F5O2. The predicted octanol–water partition coefficient (Wildman–Crippen LogP) is 4.58. The third kappa shape index (κ3) is 3.66. The first-order valence-corrected chi connectivity index (χ1v) is 6.66. The van der Waals surface area contributed by atoms with Crippen LogP contribution >= 0.6 is 0 Å². The molecule has 0 aromatic heterocycles. The van der Waals surface area contributed by atoms with Crippen LogP contribution in [0.3, 0.4) is 0 Å². The standard InChI is InChI=1S/C14H21F5O2/c1-10(2,3)6-12(7-11(12,4)5)9(20)21-8-13(15,16)14(17,18)19/h6-8H2,1-5H3. The van der Waals surface area contributed by atoms with Gasteiger partial charge in [-0.3, -0.25) is 4.79 Å². The average Bonchev–Trinajstić information content (AvgIpc) is 2.73. The minimum atomic E-state index is -5.72. The zero-order chi connectivity index (χ0) is 16.9. The summed E-state index contributed by atoms with van der Waals surface area (Å²) in [6.45, 7) is 7.23. The maximum atomic E-state index is 12.8. The first kappa shape index (κ1) is 18.2. The van der Waals surface area contributed by atoms with Gasteiger partial charge in [0.15, 0.2) is 6.61 Å². The normalized spacial score (nSPS) is 25.6. The van der Waals surface area contributed by atoms with Gasteiger partial charge in [-0.25, -0.2) is 0 Å². The molecule has 0 aliphatic heterocycles. The van der Waals surface area contributed by atoms with E-state index in [0.29, 0.717) is 12.8 Å². The van der Waals surface area contributed by atoms with Gasteiger partial charge in [-0.2, -0.15) is 22.0 Å². The Labute approximate surface area is 121 Å². The van der Waals surface area contributed by atoms with E-state index in [2.05, 4.69) is 4.74 Å². The third-order valence-electron chi connectivity index (χ3n) is 3.94. The highest BCUT2D eigenvalue weighted by molar-refractivity contribution is 5.82. The molecule has 1 aliphatic rings. The van der Waals surface area contributed by atoms with E-state index in [1.165, 1.54) is 0 Å². The molecule has 2 nitrogen and oxygen atoms in total. The maximum absolute atomic E-state index is 12.8. The lowest BCUT2D eigenvalue weighted by molar-refractivity contribution is -0.294. The van der Waals surface area contributed by atoms with Gasteiger partial charge in [0.1, 0.15) is 0 Å². The summed E-state index contributed by atoms with van der Waals surface area (Å²) >= 11 is 0. The van der Waals surface area contributed by atoms with Gasteiger partial charge in [-0.15, -0.1) is 0 Å². The van der Waals surface area contributed by atoms with Crippen LogP contribution < -0.4 is 0 Å². The second-order valence-corrected chi connectivity index (χ2v) is 7.66. The van der Waals surface area contributed by atoms with Gasteiger partial charge in [0.05, 0.1) is 5.41 Å². The van der Waals surface area contributed by atoms with Crippen LogP contribution in [-0.4, -0.2) is 24.7 Å². The van der Waals surface area contributed by atoms with Crippen molar-refractivity contribution in [1.29, 1.82) is 0 Å². The van der Waals surface area contributed by atoms with Crippen LogP contribution in [0.2, 0.25) is 0 Å². The number of carbonyl (C=O) groups is 1. The Balaban J connectivity index is 2.79. The molecule has 1 rings (SSSR count). The Morgan fingerprint density at radius 1 is 1.10 bits per heavy atom. The molecule has 124 valence electrons. The molecule has 1 aliphatic carbocycles. The monoisotopic (exact) mass is 316 g/mol. The van der Waals surface area contributed by atoms with Crippen molar-refractivity contribution in [1.82, 2.24) is 0 Å². The predicted molar refractivity (Wildman–Crippen MR) is 66.9 cm³/mol. The van der Waals surface area contributed by atoms with Gasteiger partial charge >= 0.3 is 18.1 Å². The van der Waals surface area contributed by atoms with Crippen LogP contribution in [0.4, 0.5) is 22.0 Å². The van der Waals surface area contributed by atoms with Crippen LogP contribution in [0.5, 0.6) is 0 Å². The second kappa shape index (κ2) is 4.81. The minimum Gasteiger partial charge on any atom is -0.458 e. The molecule has 0 saturated heterocycles. The highest BCUT2D eigenvalue weighted by atomic mass is 19.4. The van der Waals surface area contributed by atoms with E-state index in [4.69, 9.17) is 0 Å². The summed E-state index contributed by atoms with van der Waals surface area (Å²) in [6, 6.07) is 0. The summed E-state index contributed by atoms with van der Waals surface area (Å²) in [5, 5.41) is 0. The summed E-state index contributed by atoms with van der Waals surface area (Å²) < 4.78 is 66.2. The molecule has 1 saturated carbocycles. The summed E-state index contributed by atoms with van der Waals surface area (Å²) in [4.78, 5) is 12.1. The van der Waals surface area contributed by atoms with Crippen LogP contribution in [0, 0.1) is 16.2 Å². The first-order valence-electron chi connectivity index (χ1n) is 6.66. The third-order valence-corrected chi connectivity index (χ3v) is 3.94. The van der Waals surface area contributed by atoms with Crippen molar-refractivity contribution in [2.75, 3.05) is 6.61 Å². The Kier molecular flexibility index (Phi) is 4.16. The highest BCUT2D eigenvalue weighted by Crippen LogP contribution is 2.68. The lowest BCUT2D eigenvalue weighted by Gasteiger charge is -2.28. The number of alkyl halides is 5. The molecule has 1 fully saturated rings. The van der Waals surface area contributed by atoms with Crippen LogP contribution in [-0.2, 0) is 9.53 Å². The SMILES string of the molecule is CC(C)(C)CC1(C(=O)OCC(F)(F)C(F)(F)F)CC1(C)C. The molecule has 0 N–H and O–H groups in total. The Hall–Kier alpha value is -0.880. The number of esters is 1. The lowest BCUT2D eigenvalue weighted by Crippen LogP contribution is -2.42. The van der Waals surface area contributed by atoms with Crippen molar-refractivity contribution in [3.63, 3.8) is 0 Å². The van der Waals surface area contributed by atoms with Crippen molar-refractivity contribution in [3.05, 3.63) is 0 Å². The zero-order valence-corrected chi connectivity index (χ0v) is 12.8. The molecular weight excluding hydrogens is 295 g/mol. The van der Waals surface area contributed by atoms with Gasteiger partial charge in [0.25, 0.3) is 0 Å². The van der Waals surface area contributed by atoms with Gasteiger partial charge < -0.3 is 4.74 Å². The fourth-order valence-electron chi connectivity index (χ4n) is 2.71. The van der Waals surface area contributed by atoms with Gasteiger partial charge in [0.2, 0.25) is 0 Å². The van der Waals surface area contributed by atoms with Crippen LogP contribution in [0.25, 0.3) is 0 Å². The fourth-order valence-corrected chi connectivity index (χ4v) is 2.71. The van der Waals surface area contributed by atoms with E-state index in [1.54, 1.807) is 13.8 Å². The Bertz CT molecular complexity index is 420. The molecule has 0 radical (unpaired) electrons. The van der Waals surface area contributed by atoms with E-state index in [9.17, 15) is 26.7 Å². The summed E-state index contributed by atoms with van der Waals surface area (Å²) in [6.07, 6.45) is -4.92. The van der Waals surface area contributed by atoms with Crippen molar-refractivity contribution < 1.29 is 31.5 Å². The van der Waals surface area contributed by atoms with Crippen molar-refractivity contribution >= 4 is 5.97 Å². The topological polar surface area (TPSA) is 26.3 Å². The number of carbonyl (C=O) groups excluding carboxylic acids is 1. The molecule has 0 heterocycles. The molecule has 0 spiro atoms. The zero-order valence-electron chi connectivity index (χ0n) is 12.8. The number of halogens is 5. The average molecular weight is 316 g/mol. The van der Waals surface area contributed by atoms with Crippen molar-refractivity contribution in [2.24, 2.45) is 16.2 Å². The molecule has 7 heteroatoms. The molecule has 1 unspecified atom stereocenters. The summed E-state index contributed by atoms with van der Waals surface area (Å²) in [5.41, 5.74) is -1.70. The highest BCUT2D eigenvalue weighted by Gasteiger charge is 2.68. The molecule has 0 aromatic carbocycles. The van der Waals surface area contributed by atoms with E-state index in [0.717, 1.165) is 0 Å². The van der Waals surface area contributed by atoms with E-state index >= 15 is 0 Å². The molecule has 21 heavy (non-hydrogen) atoms. The number of hydrogen-bond donors (Lipinski definition) is 0. The second-order valence-electron chi connectivity index (χ2n) is 7.66. The Morgan fingerprint density at radius 3 is 1.81 bits per heavy atom. The molecule has 0 bridgehead atoms. The quantitative estimate of drug-likeness (QED) is 0.560. The first-order chi connectivity index (χ1) is 9.04. The largest absolute Gasteiger partial charge is 0.458 e. The fraction of sp³-hybridized carbons (Fsp3) is 0.929. The van der Waals surface area contributed by atoms with Crippen molar-refractivity contribution in [2.45, 2.75) is 59.6 Å². The lowest BCUT2D eigenvalue weighted by atomic mass is 9.79. The number of hydrogen-bond acceptors (Lipinski definition) is 2. The van der Waals surface area contributed by atoms with Gasteiger partial charge in [0, 0.05) is 0 Å². The number of rotatable bonds is 4. The number of ether oxygens (including phenoxy) is 1. The summed E-state index contributed by atoms with van der Waals surface area (Å²) in [5.74, 6) is -5.99. The van der Waals surface area contributed by atoms with E-state index < -0.39 is 35.5 Å². The van der Waals surface area contributed by atoms with Crippen LogP contribution in [0.15, 0.2) is 0 Å². The van der Waals surface area contributed by atoms with Gasteiger partial charge in [-0.1, -0.05) is 34.6 Å². The van der Waals surface area contributed by atoms with Crippen molar-refractivity contribution in [3.8, 4) is 0 Å². The Morgan fingerprint density at radius 2 is 1.52 bits per heavy atom. The molecule has 1 atom stereocenters. The smallest absolute Gasteiger partial charge is 0.456 e.